The number of piperidine rings is 1. The minimum Gasteiger partial charge on any atom is -0.496 e. The van der Waals surface area contributed by atoms with Gasteiger partial charge in [0.2, 0.25) is 0 Å². The summed E-state index contributed by atoms with van der Waals surface area (Å²) >= 11 is 5.97. The van der Waals surface area contributed by atoms with Crippen LogP contribution in [0.4, 0.5) is 0 Å². The number of amides is 1. The van der Waals surface area contributed by atoms with Gasteiger partial charge >= 0.3 is 5.69 Å². The fraction of sp³-hybridized carbons (Fsp3) is 0.500. The Morgan fingerprint density at radius 3 is 2.65 bits per heavy atom. The van der Waals surface area contributed by atoms with Gasteiger partial charge in [0.05, 0.1) is 12.7 Å². The van der Waals surface area contributed by atoms with Crippen molar-refractivity contribution in [1.82, 2.24) is 19.2 Å². The number of methoxy groups -OCH3 is 1. The van der Waals surface area contributed by atoms with E-state index in [-0.39, 0.29) is 17.5 Å². The number of ether oxygens (including phenoxy) is 1. The highest BCUT2D eigenvalue weighted by Crippen LogP contribution is 2.29. The van der Waals surface area contributed by atoms with Crippen LogP contribution in [0, 0.1) is 0 Å². The van der Waals surface area contributed by atoms with Crippen LogP contribution in [0.2, 0.25) is 5.02 Å². The Labute approximate surface area is 157 Å². The van der Waals surface area contributed by atoms with Gasteiger partial charge in [0.25, 0.3) is 5.91 Å². The van der Waals surface area contributed by atoms with Crippen LogP contribution in [0.15, 0.2) is 23.0 Å². The molecule has 3 rings (SSSR count). The van der Waals surface area contributed by atoms with E-state index < -0.39 is 0 Å². The summed E-state index contributed by atoms with van der Waals surface area (Å²) in [4.78, 5) is 26.8. The van der Waals surface area contributed by atoms with Crippen molar-refractivity contribution in [3.8, 4) is 5.75 Å². The number of likely N-dealkylation sites (tertiary alicyclic amines) is 1. The molecule has 0 atom stereocenters. The molecule has 140 valence electrons. The summed E-state index contributed by atoms with van der Waals surface area (Å²) < 4.78 is 8.39. The highest BCUT2D eigenvalue weighted by molar-refractivity contribution is 6.30. The van der Waals surface area contributed by atoms with Gasteiger partial charge < -0.3 is 9.64 Å². The maximum atomic E-state index is 12.8. The maximum absolute atomic E-state index is 12.8. The molecular weight excluding hydrogens is 356 g/mol. The number of hydrogen-bond donors (Lipinski definition) is 0. The molecule has 1 fully saturated rings. The molecule has 1 aromatic heterocycles. The maximum Gasteiger partial charge on any atom is 0.345 e. The third-order valence-electron chi connectivity index (χ3n) is 4.89. The highest BCUT2D eigenvalue weighted by Gasteiger charge is 2.29. The highest BCUT2D eigenvalue weighted by atomic mass is 35.5. The average molecular weight is 379 g/mol. The lowest BCUT2D eigenvalue weighted by molar-refractivity contribution is 0.0706. The van der Waals surface area contributed by atoms with E-state index in [1.165, 1.54) is 11.8 Å². The second-order valence-corrected chi connectivity index (χ2v) is 6.86. The molecule has 1 amide bonds. The summed E-state index contributed by atoms with van der Waals surface area (Å²) in [5, 5.41) is 4.93. The van der Waals surface area contributed by atoms with Crippen LogP contribution in [0.5, 0.6) is 5.75 Å². The van der Waals surface area contributed by atoms with E-state index in [4.69, 9.17) is 16.3 Å². The molecule has 8 heteroatoms. The largest absolute Gasteiger partial charge is 0.496 e. The quantitative estimate of drug-likeness (QED) is 0.818. The van der Waals surface area contributed by atoms with Crippen molar-refractivity contribution in [2.45, 2.75) is 32.2 Å². The monoisotopic (exact) mass is 378 g/mol. The van der Waals surface area contributed by atoms with Gasteiger partial charge in [-0.1, -0.05) is 11.6 Å². The standard InChI is InChI=1S/C18H23ClN4O3/c1-4-23-16(20-21(2)18(23)25)12-7-9-22(10-8-12)17(24)14-6-5-13(19)11-15(14)26-3/h5-6,11-12H,4,7-10H2,1-3H3. The summed E-state index contributed by atoms with van der Waals surface area (Å²) in [6, 6.07) is 5.04. The molecule has 0 N–H and O–H groups in total. The Morgan fingerprint density at radius 1 is 1.35 bits per heavy atom. The zero-order valence-corrected chi connectivity index (χ0v) is 16.0. The van der Waals surface area contributed by atoms with Crippen molar-refractivity contribution in [1.29, 1.82) is 0 Å². The summed E-state index contributed by atoms with van der Waals surface area (Å²) in [6.45, 7) is 3.77. The third-order valence-corrected chi connectivity index (χ3v) is 5.13. The van der Waals surface area contributed by atoms with Crippen LogP contribution in [0.3, 0.4) is 0 Å². The SMILES string of the molecule is CCn1c(C2CCN(C(=O)c3ccc(Cl)cc3OC)CC2)nn(C)c1=O. The van der Waals surface area contributed by atoms with E-state index in [0.717, 1.165) is 18.7 Å². The van der Waals surface area contributed by atoms with E-state index in [2.05, 4.69) is 5.10 Å². The number of benzene rings is 1. The molecule has 1 aromatic carbocycles. The van der Waals surface area contributed by atoms with Crippen molar-refractivity contribution in [2.24, 2.45) is 7.05 Å². The molecule has 0 saturated carbocycles. The van der Waals surface area contributed by atoms with Gasteiger partial charge in [-0.15, -0.1) is 0 Å². The minimum absolute atomic E-state index is 0.0640. The van der Waals surface area contributed by atoms with Crippen molar-refractivity contribution >= 4 is 17.5 Å². The van der Waals surface area contributed by atoms with Crippen LogP contribution in [-0.2, 0) is 13.6 Å². The molecule has 2 aromatic rings. The number of halogens is 1. The van der Waals surface area contributed by atoms with Crippen molar-refractivity contribution in [3.05, 3.63) is 45.1 Å². The minimum atomic E-state index is -0.0908. The molecule has 7 nitrogen and oxygen atoms in total. The lowest BCUT2D eigenvalue weighted by Gasteiger charge is -2.32. The van der Waals surface area contributed by atoms with Crippen LogP contribution in [0.25, 0.3) is 0 Å². The fourth-order valence-electron chi connectivity index (χ4n) is 3.48. The topological polar surface area (TPSA) is 69.4 Å². The summed E-state index contributed by atoms with van der Waals surface area (Å²) in [6.07, 6.45) is 1.55. The summed E-state index contributed by atoms with van der Waals surface area (Å²) in [5.74, 6) is 1.41. The Bertz CT molecular complexity index is 866. The Hall–Kier alpha value is -2.28. The number of hydrogen-bond acceptors (Lipinski definition) is 4. The summed E-state index contributed by atoms with van der Waals surface area (Å²) in [7, 11) is 3.20. The fourth-order valence-corrected chi connectivity index (χ4v) is 3.64. The smallest absolute Gasteiger partial charge is 0.345 e. The molecule has 0 spiro atoms. The zero-order chi connectivity index (χ0) is 18.8. The van der Waals surface area contributed by atoms with Crippen LogP contribution in [0.1, 0.15) is 41.9 Å². The van der Waals surface area contributed by atoms with E-state index in [0.29, 0.717) is 36.0 Å². The van der Waals surface area contributed by atoms with Crippen LogP contribution in [-0.4, -0.2) is 45.4 Å². The van der Waals surface area contributed by atoms with Gasteiger partial charge in [0.1, 0.15) is 11.6 Å². The number of aryl methyl sites for hydroxylation is 1. The van der Waals surface area contributed by atoms with Crippen molar-refractivity contribution < 1.29 is 9.53 Å². The van der Waals surface area contributed by atoms with Gasteiger partial charge in [-0.2, -0.15) is 5.10 Å². The number of carbonyl (C=O) groups is 1. The van der Waals surface area contributed by atoms with E-state index in [9.17, 15) is 9.59 Å². The molecule has 1 saturated heterocycles. The second-order valence-electron chi connectivity index (χ2n) is 6.42. The van der Waals surface area contributed by atoms with E-state index >= 15 is 0 Å². The van der Waals surface area contributed by atoms with Gasteiger partial charge in [0.15, 0.2) is 0 Å². The van der Waals surface area contributed by atoms with Crippen LogP contribution >= 0.6 is 11.6 Å². The average Bonchev–Trinajstić information content (AvgIpc) is 2.95. The molecular formula is C18H23ClN4O3. The van der Waals surface area contributed by atoms with Gasteiger partial charge in [-0.05, 0) is 38.0 Å². The van der Waals surface area contributed by atoms with Crippen molar-refractivity contribution in [2.75, 3.05) is 20.2 Å². The lowest BCUT2D eigenvalue weighted by Crippen LogP contribution is -2.38. The number of nitrogens with zero attached hydrogens (tertiary/aromatic N) is 4. The number of carbonyl (C=O) groups excluding carboxylic acids is 1. The molecule has 0 aliphatic carbocycles. The molecule has 0 unspecified atom stereocenters. The Balaban J connectivity index is 1.74. The van der Waals surface area contributed by atoms with Gasteiger partial charge in [0, 0.05) is 37.6 Å². The van der Waals surface area contributed by atoms with Crippen LogP contribution < -0.4 is 10.4 Å². The number of aromatic nitrogens is 3. The van der Waals surface area contributed by atoms with Gasteiger partial charge in [-0.25, -0.2) is 9.48 Å². The lowest BCUT2D eigenvalue weighted by atomic mass is 9.95. The molecule has 26 heavy (non-hydrogen) atoms. The van der Waals surface area contributed by atoms with E-state index in [1.807, 2.05) is 11.8 Å². The Morgan fingerprint density at radius 2 is 2.04 bits per heavy atom. The first-order chi connectivity index (χ1) is 12.5. The predicted molar refractivity (Wildman–Crippen MR) is 99.0 cm³/mol. The first-order valence-electron chi connectivity index (χ1n) is 8.72. The normalized spacial score (nSPS) is 15.3. The second kappa shape index (κ2) is 7.53. The number of rotatable bonds is 4. The first-order valence-corrected chi connectivity index (χ1v) is 9.10. The van der Waals surface area contributed by atoms with E-state index in [1.54, 1.807) is 29.8 Å². The molecule has 2 heterocycles. The third kappa shape index (κ3) is 3.35. The molecule has 0 radical (unpaired) electrons. The Kier molecular flexibility index (Phi) is 5.36. The first kappa shape index (κ1) is 18.5. The molecule has 1 aliphatic rings. The van der Waals surface area contributed by atoms with Gasteiger partial charge in [-0.3, -0.25) is 9.36 Å². The zero-order valence-electron chi connectivity index (χ0n) is 15.2. The molecule has 0 bridgehead atoms. The van der Waals surface area contributed by atoms with Crippen molar-refractivity contribution in [3.63, 3.8) is 0 Å². The predicted octanol–water partition coefficient (Wildman–Crippen LogP) is 2.28. The summed E-state index contributed by atoms with van der Waals surface area (Å²) in [5.41, 5.74) is 0.422. The molecule has 1 aliphatic heterocycles.